The molecule has 0 spiro atoms. The molecule has 1 amide bonds. The number of hydrogen-bond acceptors (Lipinski definition) is 5. The van der Waals surface area contributed by atoms with Crippen LogP contribution in [0, 0.1) is 0 Å². The van der Waals surface area contributed by atoms with Gasteiger partial charge in [0.1, 0.15) is 0 Å². The third-order valence-corrected chi connectivity index (χ3v) is 5.30. The second-order valence-electron chi connectivity index (χ2n) is 6.64. The average molecular weight is 376 g/mol. The van der Waals surface area contributed by atoms with Crippen LogP contribution < -0.4 is 11.0 Å². The van der Waals surface area contributed by atoms with E-state index in [2.05, 4.69) is 29.4 Å². The molecule has 1 atom stereocenters. The number of rotatable bonds is 7. The lowest BCUT2D eigenvalue weighted by atomic mass is 10.0. The molecule has 3 rings (SSSR count). The van der Waals surface area contributed by atoms with Crippen molar-refractivity contribution in [3.63, 3.8) is 0 Å². The number of amides is 1. The highest BCUT2D eigenvalue weighted by Crippen LogP contribution is 2.24. The average Bonchev–Trinajstić information content (AvgIpc) is 3.25. The molecule has 1 aromatic carbocycles. The highest BCUT2D eigenvalue weighted by molar-refractivity contribution is 7.99. The van der Waals surface area contributed by atoms with E-state index in [-0.39, 0.29) is 23.5 Å². The van der Waals surface area contributed by atoms with Crippen LogP contribution in [0.5, 0.6) is 0 Å². The number of anilines is 1. The van der Waals surface area contributed by atoms with Gasteiger partial charge in [0, 0.05) is 12.3 Å². The number of benzene rings is 1. The summed E-state index contributed by atoms with van der Waals surface area (Å²) < 4.78 is 7.14. The van der Waals surface area contributed by atoms with Crippen LogP contribution in [-0.2, 0) is 16.1 Å². The van der Waals surface area contributed by atoms with Gasteiger partial charge in [-0.25, -0.2) is 9.89 Å². The van der Waals surface area contributed by atoms with Gasteiger partial charge in [-0.2, -0.15) is 0 Å². The molecule has 2 N–H and O–H groups in total. The van der Waals surface area contributed by atoms with Crippen molar-refractivity contribution in [2.75, 3.05) is 17.7 Å². The Morgan fingerprint density at radius 3 is 3.00 bits per heavy atom. The lowest BCUT2D eigenvalue weighted by Crippen LogP contribution is -2.25. The van der Waals surface area contributed by atoms with Crippen LogP contribution in [0.2, 0.25) is 0 Å². The van der Waals surface area contributed by atoms with Gasteiger partial charge in [0.2, 0.25) is 5.91 Å². The van der Waals surface area contributed by atoms with Crippen molar-refractivity contribution in [1.29, 1.82) is 0 Å². The predicted octanol–water partition coefficient (Wildman–Crippen LogP) is 2.60. The molecule has 1 fully saturated rings. The summed E-state index contributed by atoms with van der Waals surface area (Å²) in [4.78, 5) is 24.3. The number of para-hydroxylation sites is 1. The number of carbonyl (C=O) groups is 1. The van der Waals surface area contributed by atoms with Gasteiger partial charge in [0.15, 0.2) is 5.16 Å². The molecule has 1 aromatic heterocycles. The molecule has 0 radical (unpaired) electrons. The van der Waals surface area contributed by atoms with Gasteiger partial charge < -0.3 is 10.1 Å². The largest absolute Gasteiger partial charge is 0.376 e. The third-order valence-electron chi connectivity index (χ3n) is 4.32. The van der Waals surface area contributed by atoms with Gasteiger partial charge in [-0.15, -0.1) is 5.10 Å². The Kier molecular flexibility index (Phi) is 6.16. The van der Waals surface area contributed by atoms with Gasteiger partial charge in [0.25, 0.3) is 0 Å². The zero-order valence-electron chi connectivity index (χ0n) is 15.0. The van der Waals surface area contributed by atoms with Crippen LogP contribution in [0.25, 0.3) is 0 Å². The number of nitrogens with one attached hydrogen (secondary N) is 2. The molecule has 0 aliphatic carbocycles. The third kappa shape index (κ3) is 4.56. The maximum absolute atomic E-state index is 12.3. The fourth-order valence-corrected chi connectivity index (χ4v) is 3.75. The first kappa shape index (κ1) is 18.7. The van der Waals surface area contributed by atoms with Crippen molar-refractivity contribution in [3.8, 4) is 0 Å². The molecule has 1 saturated heterocycles. The zero-order chi connectivity index (χ0) is 18.5. The number of ether oxygens (including phenoxy) is 1. The minimum Gasteiger partial charge on any atom is -0.376 e. The van der Waals surface area contributed by atoms with E-state index in [0.29, 0.717) is 17.6 Å². The van der Waals surface area contributed by atoms with Crippen molar-refractivity contribution >= 4 is 23.4 Å². The summed E-state index contributed by atoms with van der Waals surface area (Å²) in [6.45, 7) is 5.38. The maximum atomic E-state index is 12.3. The number of hydrogen-bond donors (Lipinski definition) is 2. The summed E-state index contributed by atoms with van der Waals surface area (Å²) in [5.74, 6) is 0.381. The van der Waals surface area contributed by atoms with Crippen LogP contribution in [0.15, 0.2) is 34.2 Å². The van der Waals surface area contributed by atoms with E-state index in [1.165, 1.54) is 11.8 Å². The fraction of sp³-hybridized carbons (Fsp3) is 0.500. The molecule has 1 aliphatic heterocycles. The molecule has 26 heavy (non-hydrogen) atoms. The van der Waals surface area contributed by atoms with Crippen LogP contribution in [0.3, 0.4) is 0 Å². The van der Waals surface area contributed by atoms with Gasteiger partial charge >= 0.3 is 5.69 Å². The summed E-state index contributed by atoms with van der Waals surface area (Å²) in [6, 6.07) is 7.79. The van der Waals surface area contributed by atoms with Crippen LogP contribution in [0.1, 0.15) is 38.2 Å². The Morgan fingerprint density at radius 1 is 1.46 bits per heavy atom. The van der Waals surface area contributed by atoms with Crippen molar-refractivity contribution in [2.45, 2.75) is 50.4 Å². The van der Waals surface area contributed by atoms with Crippen LogP contribution in [-0.4, -0.2) is 39.1 Å². The topological polar surface area (TPSA) is 89.0 Å². The first-order valence-corrected chi connectivity index (χ1v) is 9.81. The Bertz CT molecular complexity index is 809. The Morgan fingerprint density at radius 2 is 2.27 bits per heavy atom. The minimum absolute atomic E-state index is 0.0383. The Hall–Kier alpha value is -2.06. The lowest BCUT2D eigenvalue weighted by molar-refractivity contribution is -0.113. The van der Waals surface area contributed by atoms with E-state index in [1.807, 2.05) is 24.3 Å². The molecule has 0 saturated carbocycles. The second kappa shape index (κ2) is 8.55. The number of H-pyrrole nitrogens is 1. The van der Waals surface area contributed by atoms with Crippen LogP contribution >= 0.6 is 11.8 Å². The van der Waals surface area contributed by atoms with E-state index in [9.17, 15) is 9.59 Å². The van der Waals surface area contributed by atoms with E-state index in [0.717, 1.165) is 30.7 Å². The molecule has 2 aromatic rings. The van der Waals surface area contributed by atoms with Crippen molar-refractivity contribution in [1.82, 2.24) is 14.8 Å². The molecule has 0 unspecified atom stereocenters. The monoisotopic (exact) mass is 376 g/mol. The van der Waals surface area contributed by atoms with Gasteiger partial charge in [-0.1, -0.05) is 43.8 Å². The second-order valence-corrected chi connectivity index (χ2v) is 7.58. The molecule has 1 aliphatic rings. The van der Waals surface area contributed by atoms with Crippen LogP contribution in [0.4, 0.5) is 5.69 Å². The number of carbonyl (C=O) groups excluding carboxylic acids is 1. The maximum Gasteiger partial charge on any atom is 0.344 e. The van der Waals surface area contributed by atoms with Gasteiger partial charge in [-0.05, 0) is 30.4 Å². The highest BCUT2D eigenvalue weighted by Gasteiger charge is 2.20. The summed E-state index contributed by atoms with van der Waals surface area (Å²) in [6.07, 6.45) is 1.99. The highest BCUT2D eigenvalue weighted by atomic mass is 32.2. The van der Waals surface area contributed by atoms with E-state index in [4.69, 9.17) is 4.74 Å². The lowest BCUT2D eigenvalue weighted by Gasteiger charge is -2.14. The summed E-state index contributed by atoms with van der Waals surface area (Å²) >= 11 is 1.25. The summed E-state index contributed by atoms with van der Waals surface area (Å²) in [7, 11) is 0. The summed E-state index contributed by atoms with van der Waals surface area (Å²) in [5, 5.41) is 9.96. The smallest absolute Gasteiger partial charge is 0.344 e. The van der Waals surface area contributed by atoms with Gasteiger partial charge in [0.05, 0.1) is 18.4 Å². The van der Waals surface area contributed by atoms with Crippen molar-refractivity contribution in [2.24, 2.45) is 0 Å². The number of nitrogens with zero attached hydrogens (tertiary/aromatic N) is 2. The summed E-state index contributed by atoms with van der Waals surface area (Å²) in [5.41, 5.74) is 1.65. The Balaban J connectivity index is 1.61. The number of thioether (sulfide) groups is 1. The Labute approximate surface area is 156 Å². The molecule has 0 bridgehead atoms. The number of aromatic amines is 1. The molecule has 2 heterocycles. The standard InChI is InChI=1S/C18H24N4O3S/c1-12(2)14-7-3-4-8-15(14)19-16(23)11-26-18-21-20-17(24)22(18)10-13-6-5-9-25-13/h3-4,7-8,12-13H,5-6,9-11H2,1-2H3,(H,19,23)(H,20,24)/t13-/m1/s1. The normalized spacial score (nSPS) is 17.0. The SMILES string of the molecule is CC(C)c1ccccc1NC(=O)CSc1n[nH]c(=O)n1C[C@H]1CCCO1. The molecule has 7 nitrogen and oxygen atoms in total. The fourth-order valence-electron chi connectivity index (χ4n) is 3.00. The van der Waals surface area contributed by atoms with Crippen molar-refractivity contribution < 1.29 is 9.53 Å². The van der Waals surface area contributed by atoms with Gasteiger partial charge in [-0.3, -0.25) is 9.36 Å². The quantitative estimate of drug-likeness (QED) is 0.725. The molecule has 8 heteroatoms. The zero-order valence-corrected chi connectivity index (χ0v) is 15.8. The van der Waals surface area contributed by atoms with E-state index < -0.39 is 0 Å². The predicted molar refractivity (Wildman–Crippen MR) is 102 cm³/mol. The first-order chi connectivity index (χ1) is 12.5. The van der Waals surface area contributed by atoms with E-state index >= 15 is 0 Å². The molecule has 140 valence electrons. The first-order valence-electron chi connectivity index (χ1n) is 8.83. The molecular weight excluding hydrogens is 352 g/mol. The number of aromatic nitrogens is 3. The molecular formula is C18H24N4O3S. The van der Waals surface area contributed by atoms with Crippen molar-refractivity contribution in [3.05, 3.63) is 40.3 Å². The van der Waals surface area contributed by atoms with E-state index in [1.54, 1.807) is 4.57 Å². The minimum atomic E-state index is -0.270.